The van der Waals surface area contributed by atoms with Crippen LogP contribution in [0.5, 0.6) is 0 Å². The molecule has 1 aromatic carbocycles. The van der Waals surface area contributed by atoms with Gasteiger partial charge in [0.15, 0.2) is 0 Å². The van der Waals surface area contributed by atoms with E-state index in [-0.39, 0.29) is 18.4 Å². The van der Waals surface area contributed by atoms with Crippen molar-refractivity contribution in [1.29, 1.82) is 0 Å². The third kappa shape index (κ3) is 3.84. The monoisotopic (exact) mass is 294 g/mol. The number of alkyl halides is 3. The minimum absolute atomic E-state index is 0. The zero-order chi connectivity index (χ0) is 13.2. The van der Waals surface area contributed by atoms with E-state index in [1.165, 1.54) is 6.07 Å². The van der Waals surface area contributed by atoms with E-state index in [9.17, 15) is 13.2 Å². The van der Waals surface area contributed by atoms with Gasteiger partial charge in [-0.3, -0.25) is 4.90 Å². The van der Waals surface area contributed by atoms with Crippen LogP contribution in [0, 0.1) is 0 Å². The van der Waals surface area contributed by atoms with Crippen LogP contribution in [-0.2, 0) is 12.7 Å². The number of benzene rings is 1. The molecule has 0 aromatic heterocycles. The van der Waals surface area contributed by atoms with Gasteiger partial charge in [0.2, 0.25) is 0 Å². The maximum absolute atomic E-state index is 12.9. The minimum Gasteiger partial charge on any atom is -0.329 e. The summed E-state index contributed by atoms with van der Waals surface area (Å²) in [5.41, 5.74) is 5.44. The molecule has 2 nitrogen and oxygen atoms in total. The SMILES string of the molecule is Cl.NCC1CCCN1Cc1ccccc1C(F)(F)F. The molecule has 0 amide bonds. The van der Waals surface area contributed by atoms with Gasteiger partial charge < -0.3 is 5.73 Å². The highest BCUT2D eigenvalue weighted by atomic mass is 35.5. The Labute approximate surface area is 117 Å². The van der Waals surface area contributed by atoms with Crippen molar-refractivity contribution in [2.24, 2.45) is 5.73 Å². The van der Waals surface area contributed by atoms with Gasteiger partial charge in [-0.1, -0.05) is 18.2 Å². The van der Waals surface area contributed by atoms with Gasteiger partial charge in [-0.2, -0.15) is 13.2 Å². The van der Waals surface area contributed by atoms with Crippen molar-refractivity contribution in [2.75, 3.05) is 13.1 Å². The second-order valence-electron chi connectivity index (χ2n) is 4.66. The van der Waals surface area contributed by atoms with Crippen LogP contribution in [0.15, 0.2) is 24.3 Å². The molecule has 0 spiro atoms. The first-order valence-corrected chi connectivity index (χ1v) is 6.11. The molecule has 1 aliphatic rings. The maximum Gasteiger partial charge on any atom is 0.416 e. The van der Waals surface area contributed by atoms with E-state index in [2.05, 4.69) is 0 Å². The fourth-order valence-electron chi connectivity index (χ4n) is 2.52. The normalized spacial score (nSPS) is 20.3. The molecule has 6 heteroatoms. The lowest BCUT2D eigenvalue weighted by molar-refractivity contribution is -0.138. The molecule has 0 bridgehead atoms. The average Bonchev–Trinajstić information content (AvgIpc) is 2.75. The zero-order valence-corrected chi connectivity index (χ0v) is 11.3. The van der Waals surface area contributed by atoms with Crippen molar-refractivity contribution >= 4 is 12.4 Å². The van der Waals surface area contributed by atoms with Crippen molar-refractivity contribution in [3.63, 3.8) is 0 Å². The van der Waals surface area contributed by atoms with Gasteiger partial charge in [-0.05, 0) is 31.0 Å². The summed E-state index contributed by atoms with van der Waals surface area (Å²) in [5.74, 6) is 0. The first kappa shape index (κ1) is 16.3. The third-order valence-electron chi connectivity index (χ3n) is 3.47. The Hall–Kier alpha value is -0.780. The first-order valence-electron chi connectivity index (χ1n) is 6.11. The molecule has 1 aromatic rings. The molecule has 108 valence electrons. The summed E-state index contributed by atoms with van der Waals surface area (Å²) in [7, 11) is 0. The zero-order valence-electron chi connectivity index (χ0n) is 10.5. The molecular weight excluding hydrogens is 277 g/mol. The Balaban J connectivity index is 0.00000180. The van der Waals surface area contributed by atoms with E-state index >= 15 is 0 Å². The molecule has 2 N–H and O–H groups in total. The van der Waals surface area contributed by atoms with Gasteiger partial charge in [-0.15, -0.1) is 12.4 Å². The number of hydrogen-bond acceptors (Lipinski definition) is 2. The van der Waals surface area contributed by atoms with Crippen LogP contribution in [0.1, 0.15) is 24.0 Å². The molecule has 19 heavy (non-hydrogen) atoms. The van der Waals surface area contributed by atoms with Crippen molar-refractivity contribution < 1.29 is 13.2 Å². The summed E-state index contributed by atoms with van der Waals surface area (Å²) in [4.78, 5) is 2.05. The number of nitrogens with zero attached hydrogens (tertiary/aromatic N) is 1. The van der Waals surface area contributed by atoms with E-state index in [0.717, 1.165) is 25.5 Å². The Morgan fingerprint density at radius 1 is 1.26 bits per heavy atom. The molecule has 2 rings (SSSR count). The Bertz CT molecular complexity index is 409. The average molecular weight is 295 g/mol. The standard InChI is InChI=1S/C13H17F3N2.ClH/c14-13(15,16)12-6-2-1-4-10(12)9-18-7-3-5-11(18)8-17;/h1-2,4,6,11H,3,5,7-9,17H2;1H. The maximum atomic E-state index is 12.9. The quantitative estimate of drug-likeness (QED) is 0.928. The fourth-order valence-corrected chi connectivity index (χ4v) is 2.52. The van der Waals surface area contributed by atoms with Gasteiger partial charge in [0.25, 0.3) is 0 Å². The molecule has 1 atom stereocenters. The molecule has 1 aliphatic heterocycles. The van der Waals surface area contributed by atoms with Crippen molar-refractivity contribution in [3.8, 4) is 0 Å². The lowest BCUT2D eigenvalue weighted by Crippen LogP contribution is -2.35. The van der Waals surface area contributed by atoms with Crippen LogP contribution in [0.25, 0.3) is 0 Å². The number of rotatable bonds is 3. The predicted octanol–water partition coefficient (Wildman–Crippen LogP) is 3.05. The molecule has 1 heterocycles. The van der Waals surface area contributed by atoms with E-state index in [1.54, 1.807) is 12.1 Å². The van der Waals surface area contributed by atoms with Crippen molar-refractivity contribution in [2.45, 2.75) is 31.6 Å². The van der Waals surface area contributed by atoms with Crippen molar-refractivity contribution in [1.82, 2.24) is 4.90 Å². The first-order chi connectivity index (χ1) is 8.52. The van der Waals surface area contributed by atoms with E-state index in [0.29, 0.717) is 18.7 Å². The molecule has 0 aliphatic carbocycles. The summed E-state index contributed by atoms with van der Waals surface area (Å²) in [6.45, 7) is 1.67. The lowest BCUT2D eigenvalue weighted by atomic mass is 10.1. The van der Waals surface area contributed by atoms with Crippen LogP contribution >= 0.6 is 12.4 Å². The molecule has 1 unspecified atom stereocenters. The van der Waals surface area contributed by atoms with Crippen LogP contribution in [0.2, 0.25) is 0 Å². The summed E-state index contributed by atoms with van der Waals surface area (Å²) in [5, 5.41) is 0. The molecule has 0 saturated carbocycles. The third-order valence-corrected chi connectivity index (χ3v) is 3.47. The second kappa shape index (κ2) is 6.59. The van der Waals surface area contributed by atoms with Crippen LogP contribution in [0.4, 0.5) is 13.2 Å². The minimum atomic E-state index is -4.28. The van der Waals surface area contributed by atoms with E-state index < -0.39 is 11.7 Å². The predicted molar refractivity (Wildman–Crippen MR) is 71.2 cm³/mol. The number of halogens is 4. The smallest absolute Gasteiger partial charge is 0.329 e. The van der Waals surface area contributed by atoms with Crippen LogP contribution in [0.3, 0.4) is 0 Å². The number of likely N-dealkylation sites (tertiary alicyclic amines) is 1. The van der Waals surface area contributed by atoms with Gasteiger partial charge in [0.1, 0.15) is 0 Å². The number of hydrogen-bond donors (Lipinski definition) is 1. The van der Waals surface area contributed by atoms with Crippen molar-refractivity contribution in [3.05, 3.63) is 35.4 Å². The lowest BCUT2D eigenvalue weighted by Gasteiger charge is -2.24. The summed E-state index contributed by atoms with van der Waals surface area (Å²) in [6, 6.07) is 5.98. The topological polar surface area (TPSA) is 29.3 Å². The molecular formula is C13H18ClF3N2. The Morgan fingerprint density at radius 3 is 2.58 bits per heavy atom. The van der Waals surface area contributed by atoms with E-state index in [4.69, 9.17) is 5.73 Å². The van der Waals surface area contributed by atoms with Gasteiger partial charge in [0.05, 0.1) is 5.56 Å². The molecule has 0 radical (unpaired) electrons. The Morgan fingerprint density at radius 2 is 1.95 bits per heavy atom. The van der Waals surface area contributed by atoms with Gasteiger partial charge >= 0.3 is 6.18 Å². The van der Waals surface area contributed by atoms with E-state index in [1.807, 2.05) is 4.90 Å². The highest BCUT2D eigenvalue weighted by Crippen LogP contribution is 2.33. The Kier molecular flexibility index (Phi) is 5.64. The summed E-state index contributed by atoms with van der Waals surface area (Å²) < 4.78 is 38.6. The highest BCUT2D eigenvalue weighted by molar-refractivity contribution is 5.85. The summed E-state index contributed by atoms with van der Waals surface area (Å²) >= 11 is 0. The summed E-state index contributed by atoms with van der Waals surface area (Å²) in [6.07, 6.45) is -2.30. The highest BCUT2D eigenvalue weighted by Gasteiger charge is 2.34. The van der Waals surface area contributed by atoms with Gasteiger partial charge in [0, 0.05) is 19.1 Å². The fraction of sp³-hybridized carbons (Fsp3) is 0.538. The van der Waals surface area contributed by atoms with Crippen LogP contribution in [-0.4, -0.2) is 24.0 Å². The van der Waals surface area contributed by atoms with Gasteiger partial charge in [-0.25, -0.2) is 0 Å². The molecule has 1 fully saturated rings. The number of nitrogens with two attached hydrogens (primary N) is 1. The second-order valence-corrected chi connectivity index (χ2v) is 4.66. The largest absolute Gasteiger partial charge is 0.416 e. The van der Waals surface area contributed by atoms with Crippen LogP contribution < -0.4 is 5.73 Å². The molecule has 1 saturated heterocycles.